The number of imidazole rings is 1. The fourth-order valence-corrected chi connectivity index (χ4v) is 2.89. The first-order valence-electron chi connectivity index (χ1n) is 8.20. The lowest BCUT2D eigenvalue weighted by molar-refractivity contribution is 0.355. The Balaban J connectivity index is 2.14. The number of nitriles is 1. The Morgan fingerprint density at radius 3 is 2.74 bits per heavy atom. The zero-order valence-corrected chi connectivity index (χ0v) is 15.4. The van der Waals surface area contributed by atoms with Gasteiger partial charge in [-0.25, -0.2) is 4.98 Å². The van der Waals surface area contributed by atoms with Crippen LogP contribution < -0.4 is 15.2 Å². The van der Waals surface area contributed by atoms with Crippen LogP contribution in [-0.2, 0) is 6.54 Å². The van der Waals surface area contributed by atoms with E-state index in [9.17, 15) is 0 Å². The second kappa shape index (κ2) is 7.66. The van der Waals surface area contributed by atoms with Crippen LogP contribution in [0.4, 0.5) is 0 Å². The van der Waals surface area contributed by atoms with Gasteiger partial charge in [-0.2, -0.15) is 5.26 Å². The van der Waals surface area contributed by atoms with Crippen molar-refractivity contribution in [3.05, 3.63) is 48.3 Å². The molecule has 0 unspecified atom stereocenters. The average molecular weight is 364 g/mol. The van der Waals surface area contributed by atoms with Crippen LogP contribution in [0.25, 0.3) is 16.9 Å². The lowest BCUT2D eigenvalue weighted by Gasteiger charge is -2.17. The van der Waals surface area contributed by atoms with E-state index in [1.807, 2.05) is 47.0 Å². The molecule has 2 N–H and O–H groups in total. The topological polar surface area (TPSA) is 101 Å². The highest BCUT2D eigenvalue weighted by molar-refractivity contribution is 5.79. The summed E-state index contributed by atoms with van der Waals surface area (Å²) in [6.07, 6.45) is 3.65. The molecule has 0 radical (unpaired) electrons. The van der Waals surface area contributed by atoms with E-state index >= 15 is 0 Å². The second-order valence-electron chi connectivity index (χ2n) is 5.83. The van der Waals surface area contributed by atoms with Gasteiger partial charge in [-0.15, -0.1) is 4.99 Å². The number of methoxy groups -OCH3 is 2. The number of pyridine rings is 1. The molecule has 0 amide bonds. The van der Waals surface area contributed by atoms with Crippen LogP contribution in [0.1, 0.15) is 5.69 Å². The van der Waals surface area contributed by atoms with Crippen LogP contribution in [0.3, 0.4) is 0 Å². The first-order chi connectivity index (χ1) is 13.1. The smallest absolute Gasteiger partial charge is 0.209 e. The molecule has 27 heavy (non-hydrogen) atoms. The summed E-state index contributed by atoms with van der Waals surface area (Å²) in [5, 5.41) is 8.72. The summed E-state index contributed by atoms with van der Waals surface area (Å²) >= 11 is 0. The lowest BCUT2D eigenvalue weighted by Crippen LogP contribution is -2.33. The van der Waals surface area contributed by atoms with Crippen LogP contribution in [0.15, 0.2) is 47.6 Å². The molecule has 3 rings (SSSR count). The van der Waals surface area contributed by atoms with Gasteiger partial charge in [0.1, 0.15) is 5.65 Å². The summed E-state index contributed by atoms with van der Waals surface area (Å²) in [5.74, 6) is 1.41. The Morgan fingerprint density at radius 1 is 1.26 bits per heavy atom. The molecular weight excluding hydrogens is 344 g/mol. The number of fused-ring (bicyclic) bond motifs is 1. The Morgan fingerprint density at radius 2 is 2.04 bits per heavy atom. The number of aliphatic imine (C=N–C) groups is 1. The number of nitrogens with zero attached hydrogens (tertiary/aromatic N) is 5. The maximum atomic E-state index is 8.72. The number of hydrogen-bond donors (Lipinski definition) is 1. The maximum absolute atomic E-state index is 8.72. The number of nitrogens with two attached hydrogens (primary N) is 1. The highest BCUT2D eigenvalue weighted by Crippen LogP contribution is 2.34. The van der Waals surface area contributed by atoms with E-state index in [1.165, 1.54) is 0 Å². The van der Waals surface area contributed by atoms with Crippen molar-refractivity contribution in [3.8, 4) is 28.9 Å². The third-order valence-corrected chi connectivity index (χ3v) is 4.20. The van der Waals surface area contributed by atoms with Gasteiger partial charge in [0.25, 0.3) is 0 Å². The molecule has 8 nitrogen and oxygen atoms in total. The average Bonchev–Trinajstić information content (AvgIpc) is 3.05. The van der Waals surface area contributed by atoms with Gasteiger partial charge < -0.3 is 20.1 Å². The van der Waals surface area contributed by atoms with Crippen molar-refractivity contribution in [2.75, 3.05) is 21.3 Å². The van der Waals surface area contributed by atoms with E-state index in [-0.39, 0.29) is 5.96 Å². The van der Waals surface area contributed by atoms with Gasteiger partial charge in [-0.3, -0.25) is 4.40 Å². The van der Waals surface area contributed by atoms with Gasteiger partial charge in [0, 0.05) is 18.8 Å². The molecule has 0 aliphatic carbocycles. The molecule has 0 aliphatic rings. The molecule has 0 atom stereocenters. The third kappa shape index (κ3) is 3.48. The van der Waals surface area contributed by atoms with Crippen molar-refractivity contribution >= 4 is 11.6 Å². The summed E-state index contributed by atoms with van der Waals surface area (Å²) in [4.78, 5) is 9.98. The molecule has 2 aromatic heterocycles. The third-order valence-electron chi connectivity index (χ3n) is 4.20. The minimum absolute atomic E-state index is 0.132. The molecule has 8 heteroatoms. The van der Waals surface area contributed by atoms with E-state index in [1.54, 1.807) is 32.4 Å². The molecule has 0 saturated heterocycles. The molecule has 2 heterocycles. The van der Waals surface area contributed by atoms with E-state index in [0.29, 0.717) is 18.0 Å². The van der Waals surface area contributed by atoms with Gasteiger partial charge in [-0.05, 0) is 30.3 Å². The molecule has 138 valence electrons. The molecule has 0 spiro atoms. The van der Waals surface area contributed by atoms with Gasteiger partial charge in [0.05, 0.1) is 32.2 Å². The van der Waals surface area contributed by atoms with E-state index < -0.39 is 0 Å². The highest BCUT2D eigenvalue weighted by Gasteiger charge is 2.18. The summed E-state index contributed by atoms with van der Waals surface area (Å²) in [5.41, 5.74) is 9.26. The fraction of sp³-hybridized carbons (Fsp3) is 0.211. The number of ether oxygens (including phenoxy) is 2. The maximum Gasteiger partial charge on any atom is 0.209 e. The monoisotopic (exact) mass is 364 g/mol. The van der Waals surface area contributed by atoms with Crippen LogP contribution >= 0.6 is 0 Å². The van der Waals surface area contributed by atoms with Crippen molar-refractivity contribution in [1.82, 2.24) is 14.3 Å². The standard InChI is InChI=1S/C19H20N6O2/c1-24(19(21)22-12-20)11-14-18(25-9-5-4-6-17(25)23-14)13-7-8-15(26-2)16(10-13)27-3/h4-10H,11H2,1-3H3,(H2,21,22). The number of hydrogen-bond acceptors (Lipinski definition) is 5. The summed E-state index contributed by atoms with van der Waals surface area (Å²) < 4.78 is 12.8. The Kier molecular flexibility index (Phi) is 5.13. The van der Waals surface area contributed by atoms with Crippen LogP contribution in [0, 0.1) is 11.5 Å². The Bertz CT molecular complexity index is 1030. The van der Waals surface area contributed by atoms with Crippen molar-refractivity contribution in [2.45, 2.75) is 6.54 Å². The fourth-order valence-electron chi connectivity index (χ4n) is 2.89. The van der Waals surface area contributed by atoms with Crippen molar-refractivity contribution in [3.63, 3.8) is 0 Å². The minimum Gasteiger partial charge on any atom is -0.493 e. The normalized spacial score (nSPS) is 11.3. The van der Waals surface area contributed by atoms with Crippen molar-refractivity contribution in [1.29, 1.82) is 5.26 Å². The number of rotatable bonds is 5. The molecule has 1 aromatic carbocycles. The second-order valence-corrected chi connectivity index (χ2v) is 5.83. The molecule has 3 aromatic rings. The number of benzene rings is 1. The highest BCUT2D eigenvalue weighted by atomic mass is 16.5. The van der Waals surface area contributed by atoms with Gasteiger partial charge in [0.15, 0.2) is 11.5 Å². The predicted octanol–water partition coefficient (Wildman–Crippen LogP) is 2.25. The van der Waals surface area contributed by atoms with E-state index in [2.05, 4.69) is 4.99 Å². The summed E-state index contributed by atoms with van der Waals surface area (Å²) in [7, 11) is 4.96. The molecule has 0 bridgehead atoms. The first kappa shape index (κ1) is 18.1. The van der Waals surface area contributed by atoms with Crippen LogP contribution in [0.2, 0.25) is 0 Å². The molecule has 0 fully saturated rings. The van der Waals surface area contributed by atoms with Crippen molar-refractivity contribution in [2.24, 2.45) is 10.7 Å². The SMILES string of the molecule is COc1ccc(-c2c(CN(C)C(N)=NC#N)nc3ccccn23)cc1OC. The lowest BCUT2D eigenvalue weighted by atomic mass is 10.1. The molecule has 0 aliphatic heterocycles. The van der Waals surface area contributed by atoms with E-state index in [0.717, 1.165) is 22.6 Å². The quantitative estimate of drug-likeness (QED) is 0.423. The molecular formula is C19H20N6O2. The predicted molar refractivity (Wildman–Crippen MR) is 102 cm³/mol. The summed E-state index contributed by atoms with van der Waals surface area (Å²) in [6, 6.07) is 11.5. The summed E-state index contributed by atoms with van der Waals surface area (Å²) in [6.45, 7) is 0.391. The van der Waals surface area contributed by atoms with Gasteiger partial charge >= 0.3 is 0 Å². The van der Waals surface area contributed by atoms with Crippen LogP contribution in [-0.4, -0.2) is 41.5 Å². The first-order valence-corrected chi connectivity index (χ1v) is 8.20. The zero-order chi connectivity index (χ0) is 19.4. The minimum atomic E-state index is 0.132. The Hall–Kier alpha value is -3.73. The molecule has 0 saturated carbocycles. The van der Waals surface area contributed by atoms with Gasteiger partial charge in [-0.1, -0.05) is 6.07 Å². The zero-order valence-electron chi connectivity index (χ0n) is 15.4. The largest absolute Gasteiger partial charge is 0.493 e. The van der Waals surface area contributed by atoms with Crippen molar-refractivity contribution < 1.29 is 9.47 Å². The number of guanidine groups is 1. The van der Waals surface area contributed by atoms with E-state index in [4.69, 9.17) is 25.5 Å². The number of aromatic nitrogens is 2. The van der Waals surface area contributed by atoms with Gasteiger partial charge in [0.2, 0.25) is 12.2 Å². The Labute approximate surface area is 157 Å². The van der Waals surface area contributed by atoms with Crippen LogP contribution in [0.5, 0.6) is 11.5 Å².